The first-order valence-corrected chi connectivity index (χ1v) is 7.52. The number of ether oxygens (including phenoxy) is 1. The third-order valence-electron chi connectivity index (χ3n) is 3.19. The molecule has 3 rings (SSSR count). The van der Waals surface area contributed by atoms with Gasteiger partial charge in [-0.2, -0.15) is 0 Å². The summed E-state index contributed by atoms with van der Waals surface area (Å²) >= 11 is 0. The van der Waals surface area contributed by atoms with Crippen LogP contribution < -0.4 is 15.4 Å². The highest BCUT2D eigenvalue weighted by atomic mass is 32.2. The zero-order chi connectivity index (χ0) is 14.3. The number of nitrogens with two attached hydrogens (primary N) is 1. The molecule has 0 bridgehead atoms. The van der Waals surface area contributed by atoms with Crippen molar-refractivity contribution in [1.82, 2.24) is 0 Å². The van der Waals surface area contributed by atoms with E-state index in [9.17, 15) is 13.2 Å². The number of hydrogen-bond acceptors (Lipinski definition) is 5. The fourth-order valence-electron chi connectivity index (χ4n) is 2.17. The van der Waals surface area contributed by atoms with Crippen LogP contribution in [0.15, 0.2) is 46.4 Å². The number of amides is 1. The number of carbonyl (C=O) groups is 1. The van der Waals surface area contributed by atoms with E-state index in [2.05, 4.69) is 0 Å². The van der Waals surface area contributed by atoms with E-state index in [1.165, 1.54) is 11.0 Å². The standard InChI is InChI=1S/C13H12N2O4S/c14-12-9(5-8-20(12,17)18)13(16)15-6-7-19-11-4-2-1-3-10(11)15/h1-5,8H,6-7,14H2. The highest BCUT2D eigenvalue weighted by molar-refractivity contribution is 7.98. The lowest BCUT2D eigenvalue weighted by atomic mass is 10.2. The van der Waals surface area contributed by atoms with Gasteiger partial charge in [0, 0.05) is 5.41 Å². The van der Waals surface area contributed by atoms with Gasteiger partial charge < -0.3 is 15.4 Å². The van der Waals surface area contributed by atoms with Crippen LogP contribution in [0.3, 0.4) is 0 Å². The van der Waals surface area contributed by atoms with Crippen LogP contribution in [0.1, 0.15) is 0 Å². The number of benzene rings is 1. The molecule has 1 amide bonds. The Balaban J connectivity index is 2.02. The first-order chi connectivity index (χ1) is 9.50. The molecule has 0 aromatic heterocycles. The molecule has 0 fully saturated rings. The molecule has 2 heterocycles. The minimum absolute atomic E-state index is 0.00158. The highest BCUT2D eigenvalue weighted by Gasteiger charge is 2.31. The number of anilines is 1. The van der Waals surface area contributed by atoms with Crippen molar-refractivity contribution in [3.63, 3.8) is 0 Å². The van der Waals surface area contributed by atoms with Gasteiger partial charge in [0.25, 0.3) is 5.91 Å². The summed E-state index contributed by atoms with van der Waals surface area (Å²) < 4.78 is 28.5. The zero-order valence-electron chi connectivity index (χ0n) is 10.4. The number of para-hydroxylation sites is 2. The van der Waals surface area contributed by atoms with Crippen LogP contribution in [0, 0.1) is 0 Å². The molecule has 7 heteroatoms. The van der Waals surface area contributed by atoms with E-state index in [1.807, 2.05) is 0 Å². The SMILES string of the molecule is NC1=C(C(=O)N2CCOc3ccccc32)C=CS1(=O)=O. The van der Waals surface area contributed by atoms with Crippen molar-refractivity contribution in [2.75, 3.05) is 18.1 Å². The van der Waals surface area contributed by atoms with Crippen LogP contribution in [0.4, 0.5) is 5.69 Å². The molecule has 1 aromatic carbocycles. The second kappa shape index (κ2) is 4.38. The zero-order valence-corrected chi connectivity index (χ0v) is 11.3. The van der Waals surface area contributed by atoms with Gasteiger partial charge in [0.15, 0.2) is 0 Å². The molecule has 0 saturated heterocycles. The molecule has 0 spiro atoms. The third-order valence-corrected chi connectivity index (χ3v) is 4.52. The summed E-state index contributed by atoms with van der Waals surface area (Å²) in [4.78, 5) is 14.0. The Morgan fingerprint density at radius 2 is 2.05 bits per heavy atom. The number of rotatable bonds is 1. The number of fused-ring (bicyclic) bond motifs is 1. The lowest BCUT2D eigenvalue weighted by Gasteiger charge is -2.29. The van der Waals surface area contributed by atoms with Crippen LogP contribution in [0.5, 0.6) is 5.75 Å². The van der Waals surface area contributed by atoms with Crippen LogP contribution in [-0.2, 0) is 14.6 Å². The van der Waals surface area contributed by atoms with Crippen molar-refractivity contribution in [2.45, 2.75) is 0 Å². The predicted octanol–water partition coefficient (Wildman–Crippen LogP) is 0.524. The largest absolute Gasteiger partial charge is 0.490 e. The Hall–Kier alpha value is -2.28. The Labute approximate surface area is 116 Å². The van der Waals surface area contributed by atoms with Crippen molar-refractivity contribution in [3.05, 3.63) is 46.4 Å². The monoisotopic (exact) mass is 292 g/mol. The number of sulfone groups is 1. The van der Waals surface area contributed by atoms with E-state index in [0.717, 1.165) is 5.41 Å². The Bertz CT molecular complexity index is 749. The molecular formula is C13H12N2O4S. The molecule has 0 atom stereocenters. The summed E-state index contributed by atoms with van der Waals surface area (Å²) in [6.45, 7) is 0.701. The summed E-state index contributed by atoms with van der Waals surface area (Å²) in [5, 5.41) is 0.550. The minimum Gasteiger partial charge on any atom is -0.490 e. The Morgan fingerprint density at radius 3 is 2.75 bits per heavy atom. The maximum absolute atomic E-state index is 12.5. The van der Waals surface area contributed by atoms with E-state index in [4.69, 9.17) is 10.5 Å². The van der Waals surface area contributed by atoms with Crippen LogP contribution >= 0.6 is 0 Å². The van der Waals surface area contributed by atoms with Crippen molar-refractivity contribution in [1.29, 1.82) is 0 Å². The maximum Gasteiger partial charge on any atom is 0.261 e. The van der Waals surface area contributed by atoms with Gasteiger partial charge >= 0.3 is 0 Å². The van der Waals surface area contributed by atoms with Gasteiger partial charge in [-0.1, -0.05) is 12.1 Å². The topological polar surface area (TPSA) is 89.7 Å². The summed E-state index contributed by atoms with van der Waals surface area (Å²) in [5.41, 5.74) is 6.15. The van der Waals surface area contributed by atoms with E-state index in [-0.39, 0.29) is 5.57 Å². The molecule has 6 nitrogen and oxygen atoms in total. The molecule has 20 heavy (non-hydrogen) atoms. The summed E-state index contributed by atoms with van der Waals surface area (Å²) in [6.07, 6.45) is 1.24. The van der Waals surface area contributed by atoms with E-state index in [1.54, 1.807) is 24.3 Å². The van der Waals surface area contributed by atoms with Crippen LogP contribution in [-0.4, -0.2) is 27.5 Å². The van der Waals surface area contributed by atoms with Crippen molar-refractivity contribution in [3.8, 4) is 5.75 Å². The molecule has 2 aliphatic rings. The van der Waals surface area contributed by atoms with Gasteiger partial charge in [-0.15, -0.1) is 0 Å². The lowest BCUT2D eigenvalue weighted by Crippen LogP contribution is -2.39. The van der Waals surface area contributed by atoms with Gasteiger partial charge in [-0.25, -0.2) is 8.42 Å². The summed E-state index contributed by atoms with van der Waals surface area (Å²) in [6, 6.07) is 7.09. The maximum atomic E-state index is 12.5. The average Bonchev–Trinajstić information content (AvgIpc) is 2.72. The predicted molar refractivity (Wildman–Crippen MR) is 73.6 cm³/mol. The first-order valence-electron chi connectivity index (χ1n) is 5.97. The van der Waals surface area contributed by atoms with Gasteiger partial charge in [0.2, 0.25) is 9.84 Å². The van der Waals surface area contributed by atoms with Gasteiger partial charge in [-0.3, -0.25) is 4.79 Å². The van der Waals surface area contributed by atoms with Gasteiger partial charge in [0.1, 0.15) is 17.4 Å². The molecule has 1 aromatic rings. The number of carbonyl (C=O) groups excluding carboxylic acids is 1. The van der Waals surface area contributed by atoms with Gasteiger partial charge in [-0.05, 0) is 18.2 Å². The highest BCUT2D eigenvalue weighted by Crippen LogP contribution is 2.33. The number of hydrogen-bond donors (Lipinski definition) is 1. The quantitative estimate of drug-likeness (QED) is 0.815. The van der Waals surface area contributed by atoms with Crippen LogP contribution in [0.2, 0.25) is 0 Å². The molecule has 0 unspecified atom stereocenters. The van der Waals surface area contributed by atoms with Crippen molar-refractivity contribution >= 4 is 21.4 Å². The summed E-state index contributed by atoms with van der Waals surface area (Å²) in [5.74, 6) is 0.159. The molecule has 0 aliphatic carbocycles. The van der Waals surface area contributed by atoms with Gasteiger partial charge in [0.05, 0.1) is 17.8 Å². The smallest absolute Gasteiger partial charge is 0.261 e. The van der Waals surface area contributed by atoms with E-state index in [0.29, 0.717) is 24.6 Å². The Kier molecular flexibility index (Phi) is 2.79. The molecular weight excluding hydrogens is 280 g/mol. The number of nitrogens with zero attached hydrogens (tertiary/aromatic N) is 1. The molecule has 2 aliphatic heterocycles. The fraction of sp³-hybridized carbons (Fsp3) is 0.154. The lowest BCUT2D eigenvalue weighted by molar-refractivity contribution is -0.115. The normalized spacial score (nSPS) is 19.7. The van der Waals surface area contributed by atoms with Crippen molar-refractivity contribution in [2.24, 2.45) is 5.73 Å². The molecule has 0 saturated carbocycles. The van der Waals surface area contributed by atoms with E-state index >= 15 is 0 Å². The minimum atomic E-state index is -3.64. The average molecular weight is 292 g/mol. The molecule has 104 valence electrons. The van der Waals surface area contributed by atoms with Crippen molar-refractivity contribution < 1.29 is 17.9 Å². The van der Waals surface area contributed by atoms with E-state index < -0.39 is 20.8 Å². The molecule has 2 N–H and O–H groups in total. The van der Waals surface area contributed by atoms with Crippen LogP contribution in [0.25, 0.3) is 0 Å². The molecule has 0 radical (unpaired) electrons. The second-order valence-electron chi connectivity index (χ2n) is 4.40. The second-order valence-corrected chi connectivity index (χ2v) is 6.20. The Morgan fingerprint density at radius 1 is 1.30 bits per heavy atom. The third kappa shape index (κ3) is 1.87. The fourth-order valence-corrected chi connectivity index (χ4v) is 3.09. The first kappa shape index (κ1) is 12.7. The summed E-state index contributed by atoms with van der Waals surface area (Å²) in [7, 11) is -3.64.